The van der Waals surface area contributed by atoms with Crippen LogP contribution in [0.1, 0.15) is 32.4 Å². The second-order valence-electron chi connectivity index (χ2n) is 3.48. The Morgan fingerprint density at radius 1 is 1.58 bits per heavy atom. The summed E-state index contributed by atoms with van der Waals surface area (Å²) in [7, 11) is 0. The normalized spacial score (nSPS) is 13.3. The van der Waals surface area contributed by atoms with E-state index in [0.29, 0.717) is 11.8 Å². The predicted molar refractivity (Wildman–Crippen MR) is 48.9 cm³/mol. The second-order valence-corrected chi connectivity index (χ2v) is 3.48. The number of allylic oxidation sites excluding steroid dienone is 1. The number of hydrogen-bond acceptors (Lipinski definition) is 2. The highest BCUT2D eigenvalue weighted by molar-refractivity contribution is 5.16. The average Bonchev–Trinajstić information content (AvgIpc) is 2.37. The molecule has 0 aliphatic carbocycles. The monoisotopic (exact) mass is 165 g/mol. The zero-order valence-electron chi connectivity index (χ0n) is 7.87. The second kappa shape index (κ2) is 3.57. The summed E-state index contributed by atoms with van der Waals surface area (Å²) >= 11 is 0. The Bertz CT molecular complexity index is 249. The molecule has 0 N–H and O–H groups in total. The Labute approximate surface area is 73.3 Å². The Balaban J connectivity index is 2.88. The lowest BCUT2D eigenvalue weighted by Crippen LogP contribution is -2.06. The van der Waals surface area contributed by atoms with Crippen molar-refractivity contribution in [2.75, 3.05) is 0 Å². The van der Waals surface area contributed by atoms with Gasteiger partial charge in [-0.25, -0.2) is 0 Å². The first-order chi connectivity index (χ1) is 5.63. The van der Waals surface area contributed by atoms with Crippen LogP contribution in [0.2, 0.25) is 0 Å². The van der Waals surface area contributed by atoms with Gasteiger partial charge in [0.25, 0.3) is 0 Å². The van der Waals surface area contributed by atoms with E-state index in [1.165, 1.54) is 0 Å². The fraction of sp³-hybridized carbons (Fsp3) is 0.500. The van der Waals surface area contributed by atoms with E-state index >= 15 is 0 Å². The standard InChI is InChI=1S/C10H15NO/c1-7(2)10(8(3)4)9-5-6-11-12-9/h5-6,8,10H,1H2,2-4H3/t10-/m0/s1. The van der Waals surface area contributed by atoms with E-state index in [0.717, 1.165) is 11.3 Å². The molecule has 0 bridgehead atoms. The molecule has 0 aliphatic rings. The van der Waals surface area contributed by atoms with Crippen LogP contribution in [0, 0.1) is 5.92 Å². The van der Waals surface area contributed by atoms with Crippen LogP contribution < -0.4 is 0 Å². The number of rotatable bonds is 3. The predicted octanol–water partition coefficient (Wildman–Crippen LogP) is 2.99. The molecule has 0 fully saturated rings. The van der Waals surface area contributed by atoms with E-state index < -0.39 is 0 Å². The van der Waals surface area contributed by atoms with E-state index in [1.807, 2.05) is 13.0 Å². The molecule has 0 saturated carbocycles. The van der Waals surface area contributed by atoms with Crippen molar-refractivity contribution in [3.8, 4) is 0 Å². The molecule has 1 aromatic rings. The molecule has 12 heavy (non-hydrogen) atoms. The lowest BCUT2D eigenvalue weighted by atomic mass is 9.88. The Hall–Kier alpha value is -1.05. The van der Waals surface area contributed by atoms with Crippen molar-refractivity contribution in [1.82, 2.24) is 5.16 Å². The molecule has 1 heterocycles. The van der Waals surface area contributed by atoms with Crippen LogP contribution in [0.3, 0.4) is 0 Å². The van der Waals surface area contributed by atoms with Crippen molar-refractivity contribution in [2.45, 2.75) is 26.7 Å². The lowest BCUT2D eigenvalue weighted by Gasteiger charge is -2.17. The molecule has 1 aromatic heterocycles. The van der Waals surface area contributed by atoms with Gasteiger partial charge in [0.2, 0.25) is 0 Å². The first kappa shape index (κ1) is 9.04. The van der Waals surface area contributed by atoms with Gasteiger partial charge in [-0.1, -0.05) is 31.2 Å². The van der Waals surface area contributed by atoms with E-state index in [4.69, 9.17) is 4.52 Å². The number of hydrogen-bond donors (Lipinski definition) is 0. The molecule has 0 aromatic carbocycles. The van der Waals surface area contributed by atoms with Crippen molar-refractivity contribution >= 4 is 0 Å². The summed E-state index contributed by atoms with van der Waals surface area (Å²) in [5.41, 5.74) is 1.13. The van der Waals surface area contributed by atoms with Crippen LogP contribution in [0.15, 0.2) is 28.9 Å². The first-order valence-corrected chi connectivity index (χ1v) is 4.19. The van der Waals surface area contributed by atoms with Crippen LogP contribution in [-0.2, 0) is 0 Å². The molecule has 66 valence electrons. The minimum atomic E-state index is 0.299. The SMILES string of the molecule is C=C(C)[C@H](c1ccno1)C(C)C. The molecule has 2 heteroatoms. The third kappa shape index (κ3) is 1.76. The van der Waals surface area contributed by atoms with Crippen molar-refractivity contribution in [3.05, 3.63) is 30.2 Å². The Morgan fingerprint density at radius 3 is 2.58 bits per heavy atom. The third-order valence-corrected chi connectivity index (χ3v) is 1.96. The summed E-state index contributed by atoms with van der Waals surface area (Å²) in [4.78, 5) is 0. The van der Waals surface area contributed by atoms with E-state index in [9.17, 15) is 0 Å². The smallest absolute Gasteiger partial charge is 0.144 e. The Morgan fingerprint density at radius 2 is 2.25 bits per heavy atom. The van der Waals surface area contributed by atoms with E-state index in [1.54, 1.807) is 6.20 Å². The van der Waals surface area contributed by atoms with Crippen LogP contribution >= 0.6 is 0 Å². The molecule has 0 radical (unpaired) electrons. The maximum atomic E-state index is 5.11. The third-order valence-electron chi connectivity index (χ3n) is 1.96. The fourth-order valence-corrected chi connectivity index (χ4v) is 1.53. The van der Waals surface area contributed by atoms with E-state index in [2.05, 4.69) is 25.6 Å². The summed E-state index contributed by atoms with van der Waals surface area (Å²) in [5, 5.41) is 3.69. The molecule has 2 nitrogen and oxygen atoms in total. The zero-order valence-corrected chi connectivity index (χ0v) is 7.87. The highest BCUT2D eigenvalue weighted by Crippen LogP contribution is 2.29. The van der Waals surface area contributed by atoms with Gasteiger partial charge in [0.05, 0.1) is 6.20 Å². The highest BCUT2D eigenvalue weighted by Gasteiger charge is 2.19. The van der Waals surface area contributed by atoms with Gasteiger partial charge in [-0.15, -0.1) is 0 Å². The van der Waals surface area contributed by atoms with Crippen LogP contribution in [0.5, 0.6) is 0 Å². The summed E-state index contributed by atoms with van der Waals surface area (Å²) < 4.78 is 5.11. The topological polar surface area (TPSA) is 26.0 Å². The van der Waals surface area contributed by atoms with Gasteiger partial charge in [0.1, 0.15) is 5.76 Å². The van der Waals surface area contributed by atoms with Crippen molar-refractivity contribution < 1.29 is 4.52 Å². The molecule has 0 unspecified atom stereocenters. The molecule has 0 spiro atoms. The zero-order chi connectivity index (χ0) is 9.14. The van der Waals surface area contributed by atoms with Crippen molar-refractivity contribution in [2.24, 2.45) is 5.92 Å². The first-order valence-electron chi connectivity index (χ1n) is 4.19. The molecule has 0 amide bonds. The maximum absolute atomic E-state index is 5.11. The van der Waals surface area contributed by atoms with Gasteiger partial charge >= 0.3 is 0 Å². The van der Waals surface area contributed by atoms with Gasteiger partial charge < -0.3 is 4.52 Å². The Kier molecular flexibility index (Phi) is 2.69. The summed E-state index contributed by atoms with van der Waals surface area (Å²) in [5.74, 6) is 1.72. The van der Waals surface area contributed by atoms with Crippen LogP contribution in [0.4, 0.5) is 0 Å². The van der Waals surface area contributed by atoms with Gasteiger partial charge in [-0.2, -0.15) is 0 Å². The summed E-state index contributed by atoms with van der Waals surface area (Å²) in [6.07, 6.45) is 1.67. The van der Waals surface area contributed by atoms with E-state index in [-0.39, 0.29) is 0 Å². The quantitative estimate of drug-likeness (QED) is 0.643. The summed E-state index contributed by atoms with van der Waals surface area (Å²) in [6, 6.07) is 1.90. The molecule has 0 aliphatic heterocycles. The maximum Gasteiger partial charge on any atom is 0.144 e. The largest absolute Gasteiger partial charge is 0.361 e. The lowest BCUT2D eigenvalue weighted by molar-refractivity contribution is 0.346. The minimum Gasteiger partial charge on any atom is -0.361 e. The van der Waals surface area contributed by atoms with Gasteiger partial charge in [0.15, 0.2) is 0 Å². The van der Waals surface area contributed by atoms with Crippen LogP contribution in [-0.4, -0.2) is 5.16 Å². The summed E-state index contributed by atoms with van der Waals surface area (Å²) in [6.45, 7) is 10.3. The van der Waals surface area contributed by atoms with Gasteiger partial charge in [-0.05, 0) is 12.8 Å². The van der Waals surface area contributed by atoms with Gasteiger partial charge in [0, 0.05) is 12.0 Å². The molecule has 1 atom stereocenters. The average molecular weight is 165 g/mol. The number of aromatic nitrogens is 1. The minimum absolute atomic E-state index is 0.299. The molecular weight excluding hydrogens is 150 g/mol. The highest BCUT2D eigenvalue weighted by atomic mass is 16.5. The number of nitrogens with zero attached hydrogens (tertiary/aromatic N) is 1. The molecule has 1 rings (SSSR count). The fourth-order valence-electron chi connectivity index (χ4n) is 1.53. The van der Waals surface area contributed by atoms with Crippen molar-refractivity contribution in [1.29, 1.82) is 0 Å². The molecule has 0 saturated heterocycles. The van der Waals surface area contributed by atoms with Gasteiger partial charge in [-0.3, -0.25) is 0 Å². The van der Waals surface area contributed by atoms with Crippen molar-refractivity contribution in [3.63, 3.8) is 0 Å². The van der Waals surface area contributed by atoms with Crippen LogP contribution in [0.25, 0.3) is 0 Å². The molecular formula is C10H15NO.